The molecule has 5 nitrogen and oxygen atoms in total. The molecule has 1 N–H and O–H groups in total. The van der Waals surface area contributed by atoms with E-state index >= 15 is 0 Å². The van der Waals surface area contributed by atoms with E-state index in [2.05, 4.69) is 10.3 Å². The molecule has 0 spiro atoms. The Labute approximate surface area is 139 Å². The monoisotopic (exact) mass is 329 g/mol. The summed E-state index contributed by atoms with van der Waals surface area (Å²) in [4.78, 5) is 31.1. The molecule has 0 aromatic carbocycles. The van der Waals surface area contributed by atoms with Crippen molar-refractivity contribution in [2.45, 2.75) is 19.4 Å². The summed E-state index contributed by atoms with van der Waals surface area (Å²) in [6.07, 6.45) is 4.88. The van der Waals surface area contributed by atoms with Crippen molar-refractivity contribution >= 4 is 23.2 Å². The Kier molecular flexibility index (Phi) is 5.02. The molecule has 1 aliphatic heterocycles. The summed E-state index contributed by atoms with van der Waals surface area (Å²) in [6.45, 7) is 1.81. The van der Waals surface area contributed by atoms with Crippen LogP contribution in [0.2, 0.25) is 0 Å². The number of nitrogens with zero attached hydrogens (tertiary/aromatic N) is 2. The Morgan fingerprint density at radius 1 is 1.22 bits per heavy atom. The Morgan fingerprint density at radius 3 is 2.61 bits per heavy atom. The molecule has 0 atom stereocenters. The third kappa shape index (κ3) is 3.96. The first kappa shape index (κ1) is 15.7. The smallest absolute Gasteiger partial charge is 0.263 e. The maximum atomic E-state index is 12.3. The predicted octanol–water partition coefficient (Wildman–Crippen LogP) is 2.31. The van der Waals surface area contributed by atoms with Gasteiger partial charge in [0.1, 0.15) is 0 Å². The minimum Gasteiger partial charge on any atom is -0.352 e. The summed E-state index contributed by atoms with van der Waals surface area (Å²) in [6, 6.07) is 7.52. The second-order valence-electron chi connectivity index (χ2n) is 5.62. The number of carbonyl (C=O) groups is 2. The van der Waals surface area contributed by atoms with Gasteiger partial charge in [0, 0.05) is 37.9 Å². The predicted molar refractivity (Wildman–Crippen MR) is 89.0 cm³/mol. The molecule has 23 heavy (non-hydrogen) atoms. The second kappa shape index (κ2) is 7.37. The van der Waals surface area contributed by atoms with E-state index in [1.54, 1.807) is 12.4 Å². The van der Waals surface area contributed by atoms with Crippen LogP contribution in [0.4, 0.5) is 0 Å². The molecule has 120 valence electrons. The van der Waals surface area contributed by atoms with Gasteiger partial charge < -0.3 is 10.2 Å². The molecule has 0 bridgehead atoms. The summed E-state index contributed by atoms with van der Waals surface area (Å²) in [5, 5.41) is 4.88. The summed E-state index contributed by atoms with van der Waals surface area (Å²) in [5.74, 6) is 0.143. The van der Waals surface area contributed by atoms with Gasteiger partial charge in [-0.05, 0) is 42.0 Å². The highest BCUT2D eigenvalue weighted by Gasteiger charge is 2.27. The molecule has 1 aliphatic rings. The molecule has 3 heterocycles. The number of amides is 2. The van der Waals surface area contributed by atoms with Crippen LogP contribution in [0.5, 0.6) is 0 Å². The minimum absolute atomic E-state index is 0.00998. The first-order chi connectivity index (χ1) is 11.2. The lowest BCUT2D eigenvalue weighted by Gasteiger charge is -2.31. The Balaban J connectivity index is 1.47. The molecule has 0 radical (unpaired) electrons. The lowest BCUT2D eigenvalue weighted by atomic mass is 9.95. The van der Waals surface area contributed by atoms with Crippen LogP contribution >= 0.6 is 11.3 Å². The largest absolute Gasteiger partial charge is 0.352 e. The van der Waals surface area contributed by atoms with Gasteiger partial charge >= 0.3 is 0 Å². The molecule has 2 aromatic heterocycles. The van der Waals surface area contributed by atoms with Crippen molar-refractivity contribution in [1.82, 2.24) is 15.2 Å². The molecule has 6 heteroatoms. The average Bonchev–Trinajstić information content (AvgIpc) is 3.15. The highest BCUT2D eigenvalue weighted by Crippen LogP contribution is 2.21. The number of pyridine rings is 1. The Morgan fingerprint density at radius 2 is 1.96 bits per heavy atom. The van der Waals surface area contributed by atoms with Gasteiger partial charge in [0.25, 0.3) is 5.91 Å². The van der Waals surface area contributed by atoms with Gasteiger partial charge in [-0.15, -0.1) is 11.3 Å². The van der Waals surface area contributed by atoms with Crippen LogP contribution in [0.1, 0.15) is 28.1 Å². The molecule has 0 saturated carbocycles. The van der Waals surface area contributed by atoms with Gasteiger partial charge in [-0.3, -0.25) is 14.6 Å². The molecule has 2 aromatic rings. The number of piperidine rings is 1. The SMILES string of the molecule is O=C(NCc1ccncc1)C1CCN(C(=O)c2cccs2)CC1. The number of aromatic nitrogens is 1. The number of thiophene rings is 1. The van der Waals surface area contributed by atoms with E-state index < -0.39 is 0 Å². The first-order valence-corrected chi connectivity index (χ1v) is 8.61. The van der Waals surface area contributed by atoms with Crippen molar-refractivity contribution in [3.05, 3.63) is 52.5 Å². The topological polar surface area (TPSA) is 62.3 Å². The van der Waals surface area contributed by atoms with Crippen molar-refractivity contribution in [2.24, 2.45) is 5.92 Å². The van der Waals surface area contributed by atoms with Crippen LogP contribution in [-0.2, 0) is 11.3 Å². The molecule has 2 amide bonds. The number of rotatable bonds is 4. The molecular formula is C17H19N3O2S. The number of nitrogens with one attached hydrogen (secondary N) is 1. The molecular weight excluding hydrogens is 310 g/mol. The van der Waals surface area contributed by atoms with Crippen molar-refractivity contribution in [1.29, 1.82) is 0 Å². The summed E-state index contributed by atoms with van der Waals surface area (Å²) < 4.78 is 0. The van der Waals surface area contributed by atoms with Gasteiger partial charge in [-0.1, -0.05) is 6.07 Å². The lowest BCUT2D eigenvalue weighted by Crippen LogP contribution is -2.42. The van der Waals surface area contributed by atoms with Crippen LogP contribution in [0.3, 0.4) is 0 Å². The van der Waals surface area contributed by atoms with Crippen molar-refractivity contribution in [2.75, 3.05) is 13.1 Å². The van der Waals surface area contributed by atoms with E-state index in [1.165, 1.54) is 11.3 Å². The van der Waals surface area contributed by atoms with Crippen molar-refractivity contribution in [3.8, 4) is 0 Å². The van der Waals surface area contributed by atoms with Crippen LogP contribution in [0, 0.1) is 5.92 Å². The minimum atomic E-state index is -0.00998. The van der Waals surface area contributed by atoms with Gasteiger partial charge in [-0.2, -0.15) is 0 Å². The molecule has 0 aliphatic carbocycles. The Hall–Kier alpha value is -2.21. The zero-order valence-corrected chi connectivity index (χ0v) is 13.6. The normalized spacial score (nSPS) is 15.4. The maximum absolute atomic E-state index is 12.3. The van der Waals surface area contributed by atoms with E-state index in [9.17, 15) is 9.59 Å². The highest BCUT2D eigenvalue weighted by molar-refractivity contribution is 7.12. The highest BCUT2D eigenvalue weighted by atomic mass is 32.1. The van der Waals surface area contributed by atoms with E-state index in [0.29, 0.717) is 19.6 Å². The van der Waals surface area contributed by atoms with E-state index in [1.807, 2.05) is 34.5 Å². The average molecular weight is 329 g/mol. The first-order valence-electron chi connectivity index (χ1n) is 7.73. The Bertz CT molecular complexity index is 650. The van der Waals surface area contributed by atoms with Gasteiger partial charge in [-0.25, -0.2) is 0 Å². The number of hydrogen-bond donors (Lipinski definition) is 1. The van der Waals surface area contributed by atoms with Crippen LogP contribution in [0.15, 0.2) is 42.0 Å². The standard InChI is InChI=1S/C17H19N3O2S/c21-16(19-12-13-3-7-18-8-4-13)14-5-9-20(10-6-14)17(22)15-2-1-11-23-15/h1-4,7-8,11,14H,5-6,9-10,12H2,(H,19,21). The fourth-order valence-corrected chi connectivity index (χ4v) is 3.43. The van der Waals surface area contributed by atoms with Gasteiger partial charge in [0.15, 0.2) is 0 Å². The zero-order valence-electron chi connectivity index (χ0n) is 12.8. The quantitative estimate of drug-likeness (QED) is 0.936. The zero-order chi connectivity index (χ0) is 16.1. The summed E-state index contributed by atoms with van der Waals surface area (Å²) in [5.41, 5.74) is 1.04. The van der Waals surface area contributed by atoms with Crippen LogP contribution < -0.4 is 5.32 Å². The fourth-order valence-electron chi connectivity index (χ4n) is 2.74. The van der Waals surface area contributed by atoms with Crippen molar-refractivity contribution in [3.63, 3.8) is 0 Å². The van der Waals surface area contributed by atoms with Crippen molar-refractivity contribution < 1.29 is 9.59 Å². The molecule has 1 saturated heterocycles. The van der Waals surface area contributed by atoms with Crippen LogP contribution in [-0.4, -0.2) is 34.8 Å². The van der Waals surface area contributed by atoms with E-state index in [0.717, 1.165) is 23.3 Å². The molecule has 3 rings (SSSR count). The molecule has 0 unspecified atom stereocenters. The number of hydrogen-bond acceptors (Lipinski definition) is 4. The third-order valence-corrected chi connectivity index (χ3v) is 4.96. The van der Waals surface area contributed by atoms with E-state index in [-0.39, 0.29) is 17.7 Å². The number of carbonyl (C=O) groups excluding carboxylic acids is 2. The maximum Gasteiger partial charge on any atom is 0.263 e. The lowest BCUT2D eigenvalue weighted by molar-refractivity contribution is -0.126. The van der Waals surface area contributed by atoms with Gasteiger partial charge in [0.05, 0.1) is 4.88 Å². The summed E-state index contributed by atoms with van der Waals surface area (Å²) >= 11 is 1.46. The van der Waals surface area contributed by atoms with E-state index in [4.69, 9.17) is 0 Å². The second-order valence-corrected chi connectivity index (χ2v) is 6.56. The summed E-state index contributed by atoms with van der Waals surface area (Å²) in [7, 11) is 0. The van der Waals surface area contributed by atoms with Crippen LogP contribution in [0.25, 0.3) is 0 Å². The molecule has 1 fully saturated rings. The fraction of sp³-hybridized carbons (Fsp3) is 0.353. The van der Waals surface area contributed by atoms with Gasteiger partial charge in [0.2, 0.25) is 5.91 Å². The number of likely N-dealkylation sites (tertiary alicyclic amines) is 1. The third-order valence-electron chi connectivity index (χ3n) is 4.10.